The number of hydrogen-bond donors (Lipinski definition) is 1. The van der Waals surface area contributed by atoms with Crippen LogP contribution in [0.3, 0.4) is 0 Å². The summed E-state index contributed by atoms with van der Waals surface area (Å²) in [6, 6.07) is 7.05. The van der Waals surface area contributed by atoms with E-state index < -0.39 is 4.92 Å². The van der Waals surface area contributed by atoms with E-state index in [4.69, 9.17) is 4.74 Å². The zero-order valence-electron chi connectivity index (χ0n) is 11.5. The van der Waals surface area contributed by atoms with Crippen LogP contribution in [0.1, 0.15) is 13.8 Å². The fourth-order valence-corrected chi connectivity index (χ4v) is 1.93. The van der Waals surface area contributed by atoms with Crippen molar-refractivity contribution in [3.8, 4) is 5.75 Å². The van der Waals surface area contributed by atoms with Gasteiger partial charge in [0, 0.05) is 18.8 Å². The van der Waals surface area contributed by atoms with Crippen molar-refractivity contribution in [3.05, 3.63) is 40.6 Å². The van der Waals surface area contributed by atoms with E-state index in [-0.39, 0.29) is 11.4 Å². The molecular formula is C14H17N3O3. The Hall–Kier alpha value is -2.21. The Bertz CT molecular complexity index is 614. The van der Waals surface area contributed by atoms with Crippen LogP contribution in [0.2, 0.25) is 0 Å². The van der Waals surface area contributed by atoms with E-state index in [0.717, 1.165) is 0 Å². The molecule has 0 atom stereocenters. The minimum absolute atomic E-state index is 0.0276. The molecule has 0 fully saturated rings. The van der Waals surface area contributed by atoms with Gasteiger partial charge in [-0.2, -0.15) is 0 Å². The van der Waals surface area contributed by atoms with Gasteiger partial charge in [-0.3, -0.25) is 15.1 Å². The number of rotatable bonds is 6. The Kier molecular flexibility index (Phi) is 4.47. The van der Waals surface area contributed by atoms with Gasteiger partial charge in [-0.1, -0.05) is 13.8 Å². The van der Waals surface area contributed by atoms with Gasteiger partial charge in [-0.25, -0.2) is 0 Å². The first kappa shape index (κ1) is 14.2. The number of ether oxygens (including phenoxy) is 1. The smallest absolute Gasteiger partial charge is 0.320 e. The summed E-state index contributed by atoms with van der Waals surface area (Å²) in [6.07, 6.45) is 1.61. The number of fused-ring (bicyclic) bond motifs is 1. The largest absolute Gasteiger partial charge is 0.485 e. The molecule has 6 heteroatoms. The van der Waals surface area contributed by atoms with Gasteiger partial charge in [-0.15, -0.1) is 0 Å². The van der Waals surface area contributed by atoms with Gasteiger partial charge in [0.25, 0.3) is 0 Å². The SMILES string of the molecule is CC(C)NCCOc1ccc2ncccc2c1[N+](=O)[O-]. The average molecular weight is 275 g/mol. The Morgan fingerprint density at radius 3 is 2.90 bits per heavy atom. The van der Waals surface area contributed by atoms with E-state index in [9.17, 15) is 10.1 Å². The van der Waals surface area contributed by atoms with E-state index in [2.05, 4.69) is 10.3 Å². The van der Waals surface area contributed by atoms with Crippen molar-refractivity contribution in [3.63, 3.8) is 0 Å². The molecule has 0 spiro atoms. The highest BCUT2D eigenvalue weighted by atomic mass is 16.6. The predicted molar refractivity (Wildman–Crippen MR) is 77.0 cm³/mol. The average Bonchev–Trinajstić information content (AvgIpc) is 2.42. The van der Waals surface area contributed by atoms with Gasteiger partial charge in [0.05, 0.1) is 15.8 Å². The lowest BCUT2D eigenvalue weighted by molar-refractivity contribution is -0.384. The van der Waals surface area contributed by atoms with Gasteiger partial charge in [0.2, 0.25) is 0 Å². The Labute approximate surface area is 116 Å². The molecule has 1 N–H and O–H groups in total. The summed E-state index contributed by atoms with van der Waals surface area (Å²) >= 11 is 0. The highest BCUT2D eigenvalue weighted by Gasteiger charge is 2.19. The molecular weight excluding hydrogens is 258 g/mol. The van der Waals surface area contributed by atoms with E-state index >= 15 is 0 Å². The summed E-state index contributed by atoms with van der Waals surface area (Å²) in [7, 11) is 0. The molecule has 1 aromatic carbocycles. The predicted octanol–water partition coefficient (Wildman–Crippen LogP) is 2.52. The number of benzene rings is 1. The van der Waals surface area contributed by atoms with Crippen LogP contribution in [0.15, 0.2) is 30.5 Å². The maximum atomic E-state index is 11.3. The number of nitrogens with one attached hydrogen (secondary N) is 1. The monoisotopic (exact) mass is 275 g/mol. The van der Waals surface area contributed by atoms with Gasteiger partial charge in [0.15, 0.2) is 5.75 Å². The van der Waals surface area contributed by atoms with Crippen LogP contribution in [-0.2, 0) is 0 Å². The van der Waals surface area contributed by atoms with Crippen LogP contribution in [0.4, 0.5) is 5.69 Å². The first-order valence-corrected chi connectivity index (χ1v) is 6.48. The summed E-state index contributed by atoms with van der Waals surface area (Å²) in [5, 5.41) is 14.9. The molecule has 2 aromatic rings. The standard InChI is InChI=1S/C14H17N3O3/c1-10(2)15-8-9-20-13-6-5-12-11(4-3-7-16-12)14(13)17(18)19/h3-7,10,15H,8-9H2,1-2H3. The molecule has 0 unspecified atom stereocenters. The van der Waals surface area contributed by atoms with E-state index in [1.54, 1.807) is 30.5 Å². The Balaban J connectivity index is 2.24. The van der Waals surface area contributed by atoms with E-state index in [1.807, 2.05) is 13.8 Å². The van der Waals surface area contributed by atoms with Crippen molar-refractivity contribution < 1.29 is 9.66 Å². The normalized spacial score (nSPS) is 10.9. The van der Waals surface area contributed by atoms with Crippen molar-refractivity contribution in [2.75, 3.05) is 13.2 Å². The lowest BCUT2D eigenvalue weighted by atomic mass is 10.1. The van der Waals surface area contributed by atoms with E-state index in [0.29, 0.717) is 30.1 Å². The number of hydrogen-bond acceptors (Lipinski definition) is 5. The van der Waals surface area contributed by atoms with Gasteiger partial charge < -0.3 is 10.1 Å². The maximum Gasteiger partial charge on any atom is 0.320 e. The molecule has 0 radical (unpaired) electrons. The van der Waals surface area contributed by atoms with Crippen LogP contribution in [0.25, 0.3) is 10.9 Å². The fraction of sp³-hybridized carbons (Fsp3) is 0.357. The molecule has 0 amide bonds. The van der Waals surface area contributed by atoms with E-state index in [1.165, 1.54) is 0 Å². The number of nitro benzene ring substituents is 1. The van der Waals surface area contributed by atoms with Crippen molar-refractivity contribution in [2.24, 2.45) is 0 Å². The number of pyridine rings is 1. The highest BCUT2D eigenvalue weighted by Crippen LogP contribution is 2.34. The van der Waals surface area contributed by atoms with Gasteiger partial charge in [0.1, 0.15) is 6.61 Å². The third kappa shape index (κ3) is 3.21. The summed E-state index contributed by atoms with van der Waals surface area (Å²) in [4.78, 5) is 15.0. The molecule has 0 aliphatic rings. The van der Waals surface area contributed by atoms with Crippen molar-refractivity contribution in [1.82, 2.24) is 10.3 Å². The van der Waals surface area contributed by atoms with Crippen LogP contribution in [0, 0.1) is 10.1 Å². The summed E-state index contributed by atoms with van der Waals surface area (Å²) in [5.74, 6) is 0.279. The quantitative estimate of drug-likeness (QED) is 0.498. The zero-order valence-corrected chi connectivity index (χ0v) is 11.5. The molecule has 2 rings (SSSR count). The molecule has 1 aromatic heterocycles. The molecule has 6 nitrogen and oxygen atoms in total. The lowest BCUT2D eigenvalue weighted by Gasteiger charge is -2.10. The fourth-order valence-electron chi connectivity index (χ4n) is 1.93. The lowest BCUT2D eigenvalue weighted by Crippen LogP contribution is -2.27. The first-order valence-electron chi connectivity index (χ1n) is 6.48. The van der Waals surface area contributed by atoms with Crippen LogP contribution in [0.5, 0.6) is 5.75 Å². The number of nitrogens with zero attached hydrogens (tertiary/aromatic N) is 2. The van der Waals surface area contributed by atoms with Crippen molar-refractivity contribution >= 4 is 16.6 Å². The van der Waals surface area contributed by atoms with Crippen molar-refractivity contribution in [2.45, 2.75) is 19.9 Å². The van der Waals surface area contributed by atoms with Crippen LogP contribution in [-0.4, -0.2) is 29.1 Å². The van der Waals surface area contributed by atoms with Crippen molar-refractivity contribution in [1.29, 1.82) is 0 Å². The number of aromatic nitrogens is 1. The molecule has 20 heavy (non-hydrogen) atoms. The first-order chi connectivity index (χ1) is 9.59. The summed E-state index contributed by atoms with van der Waals surface area (Å²) in [5.41, 5.74) is 0.562. The molecule has 106 valence electrons. The molecule has 0 bridgehead atoms. The molecule has 0 saturated heterocycles. The topological polar surface area (TPSA) is 77.3 Å². The third-order valence-corrected chi connectivity index (χ3v) is 2.81. The third-order valence-electron chi connectivity index (χ3n) is 2.81. The Morgan fingerprint density at radius 2 is 2.20 bits per heavy atom. The van der Waals surface area contributed by atoms with Gasteiger partial charge >= 0.3 is 5.69 Å². The second-order valence-electron chi connectivity index (χ2n) is 4.70. The molecule has 0 saturated carbocycles. The van der Waals surface area contributed by atoms with Gasteiger partial charge in [-0.05, 0) is 24.3 Å². The van der Waals surface area contributed by atoms with Crippen LogP contribution < -0.4 is 10.1 Å². The number of nitro groups is 1. The van der Waals surface area contributed by atoms with Crippen LogP contribution >= 0.6 is 0 Å². The maximum absolute atomic E-state index is 11.3. The highest BCUT2D eigenvalue weighted by molar-refractivity contribution is 5.90. The second-order valence-corrected chi connectivity index (χ2v) is 4.70. The Morgan fingerprint density at radius 1 is 1.40 bits per heavy atom. The molecule has 1 heterocycles. The molecule has 0 aliphatic carbocycles. The minimum Gasteiger partial charge on any atom is -0.485 e. The zero-order chi connectivity index (χ0) is 14.5. The molecule has 0 aliphatic heterocycles. The second kappa shape index (κ2) is 6.29. The summed E-state index contributed by atoms with van der Waals surface area (Å²) in [6.45, 7) is 5.08. The minimum atomic E-state index is -0.421. The summed E-state index contributed by atoms with van der Waals surface area (Å²) < 4.78 is 5.53.